The monoisotopic (exact) mass is 288 g/mol. The molecule has 3 N–H and O–H groups in total. The van der Waals surface area contributed by atoms with Gasteiger partial charge in [-0.2, -0.15) is 0 Å². The summed E-state index contributed by atoms with van der Waals surface area (Å²) in [5.41, 5.74) is 7.13. The van der Waals surface area contributed by atoms with Crippen LogP contribution in [0.1, 0.15) is 43.7 Å². The molecule has 0 bridgehead atoms. The Kier molecular flexibility index (Phi) is 4.56. The number of hydrogen-bond donors (Lipinski definition) is 2. The number of fused-ring (bicyclic) bond motifs is 1. The molecule has 1 amide bonds. The third-order valence-electron chi connectivity index (χ3n) is 4.76. The van der Waals surface area contributed by atoms with Crippen molar-refractivity contribution in [3.63, 3.8) is 0 Å². The molecule has 1 saturated heterocycles. The molecule has 0 aromatic heterocycles. The maximum atomic E-state index is 12.3. The standard InChI is InChI=1S/C17H24N2O2/c18-14(12-5-2-1-3-6-12)11-17(20)19-15-7-4-8-16-13(15)9-10-21-16/h1-3,5-6,13-16H,4,7-11,18H2,(H,19,20). The van der Waals surface area contributed by atoms with E-state index in [1.165, 1.54) is 0 Å². The Hall–Kier alpha value is -1.39. The fourth-order valence-corrected chi connectivity index (χ4v) is 3.64. The summed E-state index contributed by atoms with van der Waals surface area (Å²) in [5.74, 6) is 0.555. The lowest BCUT2D eigenvalue weighted by molar-refractivity contribution is -0.123. The summed E-state index contributed by atoms with van der Waals surface area (Å²) < 4.78 is 5.74. The van der Waals surface area contributed by atoms with Gasteiger partial charge in [0.15, 0.2) is 0 Å². The topological polar surface area (TPSA) is 64.4 Å². The van der Waals surface area contributed by atoms with Gasteiger partial charge in [-0.1, -0.05) is 30.3 Å². The Morgan fingerprint density at radius 3 is 2.90 bits per heavy atom. The van der Waals surface area contributed by atoms with Crippen LogP contribution in [0, 0.1) is 5.92 Å². The smallest absolute Gasteiger partial charge is 0.222 e. The average Bonchev–Trinajstić information content (AvgIpc) is 2.97. The maximum Gasteiger partial charge on any atom is 0.222 e. The fourth-order valence-electron chi connectivity index (χ4n) is 3.64. The zero-order chi connectivity index (χ0) is 14.7. The number of nitrogens with one attached hydrogen (secondary N) is 1. The lowest BCUT2D eigenvalue weighted by atomic mass is 9.81. The van der Waals surface area contributed by atoms with Crippen molar-refractivity contribution < 1.29 is 9.53 Å². The molecule has 0 spiro atoms. The van der Waals surface area contributed by atoms with Crippen LogP contribution < -0.4 is 11.1 Å². The van der Waals surface area contributed by atoms with E-state index < -0.39 is 0 Å². The Labute approximate surface area is 126 Å². The number of carbonyl (C=O) groups is 1. The van der Waals surface area contributed by atoms with E-state index >= 15 is 0 Å². The highest BCUT2D eigenvalue weighted by molar-refractivity contribution is 5.77. The van der Waals surface area contributed by atoms with Gasteiger partial charge in [0.05, 0.1) is 6.10 Å². The molecule has 114 valence electrons. The van der Waals surface area contributed by atoms with E-state index in [4.69, 9.17) is 10.5 Å². The minimum atomic E-state index is -0.231. The van der Waals surface area contributed by atoms with Gasteiger partial charge in [0.25, 0.3) is 0 Å². The van der Waals surface area contributed by atoms with E-state index in [-0.39, 0.29) is 18.0 Å². The van der Waals surface area contributed by atoms with Crippen molar-refractivity contribution >= 4 is 5.91 Å². The molecule has 4 nitrogen and oxygen atoms in total. The molecule has 4 atom stereocenters. The first-order chi connectivity index (χ1) is 10.2. The Morgan fingerprint density at radius 2 is 2.10 bits per heavy atom. The van der Waals surface area contributed by atoms with Gasteiger partial charge in [0, 0.05) is 31.0 Å². The van der Waals surface area contributed by atoms with Crippen molar-refractivity contribution in [1.29, 1.82) is 0 Å². The predicted octanol–water partition coefficient (Wildman–Crippen LogP) is 2.15. The summed E-state index contributed by atoms with van der Waals surface area (Å²) in [6, 6.07) is 9.84. The van der Waals surface area contributed by atoms with E-state index in [1.807, 2.05) is 30.3 Å². The van der Waals surface area contributed by atoms with Crippen molar-refractivity contribution in [2.75, 3.05) is 6.61 Å². The van der Waals surface area contributed by atoms with Crippen molar-refractivity contribution in [3.05, 3.63) is 35.9 Å². The van der Waals surface area contributed by atoms with Gasteiger partial charge < -0.3 is 15.8 Å². The number of rotatable bonds is 4. The van der Waals surface area contributed by atoms with Crippen LogP contribution in [0.4, 0.5) is 0 Å². The molecule has 21 heavy (non-hydrogen) atoms. The molecule has 1 aromatic rings. The van der Waals surface area contributed by atoms with Gasteiger partial charge in [0.1, 0.15) is 0 Å². The SMILES string of the molecule is NC(CC(=O)NC1CCCC2OCCC12)c1ccccc1. The van der Waals surface area contributed by atoms with Gasteiger partial charge in [-0.15, -0.1) is 0 Å². The Balaban J connectivity index is 1.54. The number of nitrogens with two attached hydrogens (primary N) is 1. The summed E-state index contributed by atoms with van der Waals surface area (Å²) in [7, 11) is 0. The second-order valence-corrected chi connectivity index (χ2v) is 6.19. The lowest BCUT2D eigenvalue weighted by Crippen LogP contribution is -2.46. The second-order valence-electron chi connectivity index (χ2n) is 6.19. The number of hydrogen-bond acceptors (Lipinski definition) is 3. The highest BCUT2D eigenvalue weighted by atomic mass is 16.5. The van der Waals surface area contributed by atoms with Crippen LogP contribution in [0.2, 0.25) is 0 Å². The van der Waals surface area contributed by atoms with Crippen molar-refractivity contribution in [3.8, 4) is 0 Å². The minimum absolute atomic E-state index is 0.0592. The largest absolute Gasteiger partial charge is 0.378 e. The summed E-state index contributed by atoms with van der Waals surface area (Å²) in [4.78, 5) is 12.3. The lowest BCUT2D eigenvalue weighted by Gasteiger charge is -2.33. The first kappa shape index (κ1) is 14.5. The van der Waals surface area contributed by atoms with Crippen LogP contribution in [0.3, 0.4) is 0 Å². The van der Waals surface area contributed by atoms with Crippen LogP contribution >= 0.6 is 0 Å². The third-order valence-corrected chi connectivity index (χ3v) is 4.76. The van der Waals surface area contributed by atoms with Crippen molar-refractivity contribution in [2.24, 2.45) is 11.7 Å². The first-order valence-corrected chi connectivity index (χ1v) is 7.95. The molecule has 3 rings (SSSR count). The first-order valence-electron chi connectivity index (χ1n) is 7.95. The van der Waals surface area contributed by atoms with Crippen LogP contribution in [-0.2, 0) is 9.53 Å². The van der Waals surface area contributed by atoms with E-state index in [0.717, 1.165) is 37.9 Å². The molecular formula is C17H24N2O2. The Bertz CT molecular complexity index is 477. The fraction of sp³-hybridized carbons (Fsp3) is 0.588. The number of benzene rings is 1. The van der Waals surface area contributed by atoms with Crippen LogP contribution in [0.25, 0.3) is 0 Å². The normalized spacial score (nSPS) is 29.7. The van der Waals surface area contributed by atoms with Crippen molar-refractivity contribution in [1.82, 2.24) is 5.32 Å². The molecule has 1 aliphatic carbocycles. The highest BCUT2D eigenvalue weighted by Gasteiger charge is 2.38. The van der Waals surface area contributed by atoms with E-state index in [2.05, 4.69) is 5.32 Å². The summed E-state index contributed by atoms with van der Waals surface area (Å²) >= 11 is 0. The molecule has 4 heteroatoms. The summed E-state index contributed by atoms with van der Waals surface area (Å²) in [6.45, 7) is 0.839. The molecule has 4 unspecified atom stereocenters. The average molecular weight is 288 g/mol. The number of carbonyl (C=O) groups excluding carboxylic acids is 1. The molecule has 1 aromatic carbocycles. The number of ether oxygens (including phenoxy) is 1. The molecule has 2 aliphatic rings. The second kappa shape index (κ2) is 6.58. The maximum absolute atomic E-state index is 12.3. The molecule has 1 aliphatic heterocycles. The highest BCUT2D eigenvalue weighted by Crippen LogP contribution is 2.34. The predicted molar refractivity (Wildman–Crippen MR) is 81.6 cm³/mol. The zero-order valence-electron chi connectivity index (χ0n) is 12.3. The minimum Gasteiger partial charge on any atom is -0.378 e. The summed E-state index contributed by atoms with van der Waals surface area (Å²) in [5, 5.41) is 3.19. The quantitative estimate of drug-likeness (QED) is 0.892. The zero-order valence-corrected chi connectivity index (χ0v) is 12.3. The van der Waals surface area contributed by atoms with Gasteiger partial charge in [0.2, 0.25) is 5.91 Å². The molecule has 1 saturated carbocycles. The van der Waals surface area contributed by atoms with Gasteiger partial charge in [-0.3, -0.25) is 4.79 Å². The molecule has 1 heterocycles. The van der Waals surface area contributed by atoms with Crippen LogP contribution in [0.5, 0.6) is 0 Å². The van der Waals surface area contributed by atoms with Crippen LogP contribution in [-0.4, -0.2) is 24.7 Å². The van der Waals surface area contributed by atoms with Gasteiger partial charge in [-0.25, -0.2) is 0 Å². The molecule has 0 radical (unpaired) electrons. The van der Waals surface area contributed by atoms with Gasteiger partial charge >= 0.3 is 0 Å². The van der Waals surface area contributed by atoms with E-state index in [9.17, 15) is 4.79 Å². The molecule has 2 fully saturated rings. The molecular weight excluding hydrogens is 264 g/mol. The van der Waals surface area contributed by atoms with E-state index in [1.54, 1.807) is 0 Å². The van der Waals surface area contributed by atoms with E-state index in [0.29, 0.717) is 18.4 Å². The van der Waals surface area contributed by atoms with Gasteiger partial charge in [-0.05, 0) is 31.2 Å². The van der Waals surface area contributed by atoms with Crippen molar-refractivity contribution in [2.45, 2.75) is 50.3 Å². The van der Waals surface area contributed by atoms with Crippen LogP contribution in [0.15, 0.2) is 30.3 Å². The number of amides is 1. The third kappa shape index (κ3) is 3.44. The Morgan fingerprint density at radius 1 is 1.29 bits per heavy atom. The summed E-state index contributed by atoms with van der Waals surface area (Å²) in [6.07, 6.45) is 5.11.